The summed E-state index contributed by atoms with van der Waals surface area (Å²) in [6.07, 6.45) is -3.65. The molecule has 0 amide bonds. The van der Waals surface area contributed by atoms with Crippen molar-refractivity contribution in [2.75, 3.05) is 23.9 Å². The van der Waals surface area contributed by atoms with Gasteiger partial charge in [0.25, 0.3) is 0 Å². The van der Waals surface area contributed by atoms with Gasteiger partial charge >= 0.3 is 6.36 Å². The van der Waals surface area contributed by atoms with E-state index in [1.165, 1.54) is 12.1 Å². The molecule has 1 N–H and O–H groups in total. The SMILES string of the molecule is CS(=O)(=O)CCNc1ccc(OC(F)(F)F)c(Br)c1. The first kappa shape index (κ1) is 16.1. The number of anilines is 1. The van der Waals surface area contributed by atoms with Gasteiger partial charge in [0.05, 0.1) is 10.2 Å². The molecule has 0 radical (unpaired) electrons. The summed E-state index contributed by atoms with van der Waals surface area (Å²) in [7, 11) is -3.08. The van der Waals surface area contributed by atoms with Gasteiger partial charge in [0, 0.05) is 18.5 Å². The summed E-state index contributed by atoms with van der Waals surface area (Å²) in [6, 6.07) is 3.89. The third kappa shape index (κ3) is 6.67. The molecule has 0 fully saturated rings. The summed E-state index contributed by atoms with van der Waals surface area (Å²) in [5, 5.41) is 2.79. The summed E-state index contributed by atoms with van der Waals surface area (Å²) >= 11 is 2.95. The Morgan fingerprint density at radius 1 is 1.37 bits per heavy atom. The van der Waals surface area contributed by atoms with E-state index in [0.29, 0.717) is 5.69 Å². The van der Waals surface area contributed by atoms with E-state index in [1.54, 1.807) is 0 Å². The predicted molar refractivity (Wildman–Crippen MR) is 69.0 cm³/mol. The molecule has 1 aromatic rings. The first-order valence-electron chi connectivity index (χ1n) is 5.04. The molecule has 0 spiro atoms. The Labute approximate surface area is 117 Å². The predicted octanol–water partition coefficient (Wildman–Crippen LogP) is 2.80. The Bertz CT molecular complexity index is 545. The third-order valence-electron chi connectivity index (χ3n) is 1.96. The van der Waals surface area contributed by atoms with Crippen molar-refractivity contribution in [2.24, 2.45) is 0 Å². The molecule has 0 aromatic heterocycles. The van der Waals surface area contributed by atoms with Gasteiger partial charge in [-0.25, -0.2) is 8.42 Å². The van der Waals surface area contributed by atoms with E-state index in [2.05, 4.69) is 26.0 Å². The largest absolute Gasteiger partial charge is 0.573 e. The number of alkyl halides is 3. The normalized spacial score (nSPS) is 12.3. The number of rotatable bonds is 5. The average molecular weight is 362 g/mol. The minimum Gasteiger partial charge on any atom is -0.405 e. The van der Waals surface area contributed by atoms with Crippen LogP contribution in [0.15, 0.2) is 22.7 Å². The van der Waals surface area contributed by atoms with Gasteiger partial charge in [-0.1, -0.05) is 0 Å². The molecule has 0 atom stereocenters. The summed E-state index contributed by atoms with van der Waals surface area (Å²) < 4.78 is 61.8. The Morgan fingerprint density at radius 2 is 2.00 bits per heavy atom. The molecule has 108 valence electrons. The maximum absolute atomic E-state index is 12.0. The van der Waals surface area contributed by atoms with Gasteiger partial charge in [0.2, 0.25) is 0 Å². The molecule has 0 bridgehead atoms. The molecule has 1 aromatic carbocycles. The molecule has 0 aliphatic rings. The molecule has 0 heterocycles. The van der Waals surface area contributed by atoms with Crippen LogP contribution in [0.3, 0.4) is 0 Å². The number of sulfone groups is 1. The molecule has 0 aliphatic heterocycles. The molecule has 4 nitrogen and oxygen atoms in total. The number of nitrogens with one attached hydrogen (secondary N) is 1. The topological polar surface area (TPSA) is 55.4 Å². The van der Waals surface area contributed by atoms with Gasteiger partial charge in [-0.3, -0.25) is 0 Å². The van der Waals surface area contributed by atoms with Crippen LogP contribution in [0.4, 0.5) is 18.9 Å². The first-order valence-corrected chi connectivity index (χ1v) is 7.89. The van der Waals surface area contributed by atoms with E-state index in [1.807, 2.05) is 0 Å². The van der Waals surface area contributed by atoms with E-state index in [4.69, 9.17) is 0 Å². The fourth-order valence-corrected chi connectivity index (χ4v) is 2.13. The van der Waals surface area contributed by atoms with Crippen molar-refractivity contribution in [2.45, 2.75) is 6.36 Å². The molecule has 0 saturated heterocycles. The van der Waals surface area contributed by atoms with Gasteiger partial charge in [0.1, 0.15) is 15.6 Å². The highest BCUT2D eigenvalue weighted by Crippen LogP contribution is 2.32. The van der Waals surface area contributed by atoms with E-state index in [-0.39, 0.29) is 22.5 Å². The summed E-state index contributed by atoms with van der Waals surface area (Å²) in [5.74, 6) is -0.424. The van der Waals surface area contributed by atoms with Crippen molar-refractivity contribution in [3.63, 3.8) is 0 Å². The zero-order valence-electron chi connectivity index (χ0n) is 9.79. The lowest BCUT2D eigenvalue weighted by atomic mass is 10.3. The molecule has 9 heteroatoms. The van der Waals surface area contributed by atoms with Crippen LogP contribution >= 0.6 is 15.9 Å². The van der Waals surface area contributed by atoms with Crippen molar-refractivity contribution in [3.05, 3.63) is 22.7 Å². The molecule has 19 heavy (non-hydrogen) atoms. The average Bonchev–Trinajstić information content (AvgIpc) is 2.18. The highest BCUT2D eigenvalue weighted by Gasteiger charge is 2.31. The number of hydrogen-bond donors (Lipinski definition) is 1. The highest BCUT2D eigenvalue weighted by molar-refractivity contribution is 9.10. The maximum Gasteiger partial charge on any atom is 0.573 e. The Balaban J connectivity index is 2.67. The number of ether oxygens (including phenoxy) is 1. The summed E-state index contributed by atoms with van der Waals surface area (Å²) in [4.78, 5) is 0. The molecule has 0 unspecified atom stereocenters. The lowest BCUT2D eigenvalue weighted by Gasteiger charge is -2.12. The minimum atomic E-state index is -4.76. The fourth-order valence-electron chi connectivity index (χ4n) is 1.20. The third-order valence-corrected chi connectivity index (χ3v) is 3.52. The Morgan fingerprint density at radius 3 is 2.47 bits per heavy atom. The van der Waals surface area contributed by atoms with Crippen LogP contribution in [-0.4, -0.2) is 33.3 Å². The van der Waals surface area contributed by atoms with E-state index < -0.39 is 16.2 Å². The van der Waals surface area contributed by atoms with Crippen molar-refractivity contribution in [3.8, 4) is 5.75 Å². The first-order chi connectivity index (χ1) is 8.57. The van der Waals surface area contributed by atoms with E-state index in [9.17, 15) is 21.6 Å². The molecule has 0 saturated carbocycles. The monoisotopic (exact) mass is 361 g/mol. The molecule has 1 rings (SSSR count). The summed E-state index contributed by atoms with van der Waals surface area (Å²) in [6.45, 7) is 0.171. The quantitative estimate of drug-likeness (QED) is 0.875. The molecular weight excluding hydrogens is 351 g/mol. The van der Waals surface area contributed by atoms with Crippen LogP contribution in [0.5, 0.6) is 5.75 Å². The van der Waals surface area contributed by atoms with Crippen LogP contribution < -0.4 is 10.1 Å². The van der Waals surface area contributed by atoms with E-state index in [0.717, 1.165) is 12.3 Å². The van der Waals surface area contributed by atoms with Gasteiger partial charge < -0.3 is 10.1 Å². The Hall–Kier alpha value is -0.960. The zero-order chi connectivity index (χ0) is 14.7. The van der Waals surface area contributed by atoms with Crippen LogP contribution in [-0.2, 0) is 9.84 Å². The standard InChI is InChI=1S/C10H11BrF3NO3S/c1-19(16,17)5-4-15-7-2-3-9(8(11)6-7)18-10(12,13)14/h2-3,6,15H,4-5H2,1H3. The van der Waals surface area contributed by atoms with Gasteiger partial charge in [-0.05, 0) is 34.1 Å². The van der Waals surface area contributed by atoms with Crippen LogP contribution in [0.25, 0.3) is 0 Å². The van der Waals surface area contributed by atoms with Crippen molar-refractivity contribution >= 4 is 31.5 Å². The van der Waals surface area contributed by atoms with E-state index >= 15 is 0 Å². The van der Waals surface area contributed by atoms with Crippen molar-refractivity contribution < 1.29 is 26.3 Å². The minimum absolute atomic E-state index is 0.0641. The second kappa shape index (κ2) is 6.00. The van der Waals surface area contributed by atoms with Gasteiger partial charge in [-0.15, -0.1) is 13.2 Å². The van der Waals surface area contributed by atoms with Crippen molar-refractivity contribution in [1.82, 2.24) is 0 Å². The Kier molecular flexibility index (Phi) is 5.08. The molecule has 0 aliphatic carbocycles. The number of halogens is 4. The summed E-state index contributed by atoms with van der Waals surface area (Å²) in [5.41, 5.74) is 0.491. The number of hydrogen-bond acceptors (Lipinski definition) is 4. The van der Waals surface area contributed by atoms with Crippen molar-refractivity contribution in [1.29, 1.82) is 0 Å². The highest BCUT2D eigenvalue weighted by atomic mass is 79.9. The second-order valence-electron chi connectivity index (χ2n) is 3.75. The van der Waals surface area contributed by atoms with Gasteiger partial charge in [-0.2, -0.15) is 0 Å². The smallest absolute Gasteiger partial charge is 0.405 e. The maximum atomic E-state index is 12.0. The van der Waals surface area contributed by atoms with Crippen LogP contribution in [0, 0.1) is 0 Å². The van der Waals surface area contributed by atoms with Crippen LogP contribution in [0.1, 0.15) is 0 Å². The fraction of sp³-hybridized carbons (Fsp3) is 0.400. The lowest BCUT2D eigenvalue weighted by Crippen LogP contribution is -2.17. The number of benzene rings is 1. The van der Waals surface area contributed by atoms with Gasteiger partial charge in [0.15, 0.2) is 0 Å². The second-order valence-corrected chi connectivity index (χ2v) is 6.86. The zero-order valence-corrected chi connectivity index (χ0v) is 12.2. The van der Waals surface area contributed by atoms with Crippen LogP contribution in [0.2, 0.25) is 0 Å². The molecular formula is C10H11BrF3NO3S. The lowest BCUT2D eigenvalue weighted by molar-refractivity contribution is -0.274.